The molecule has 0 aliphatic rings. The molecule has 0 spiro atoms. The van der Waals surface area contributed by atoms with Crippen LogP contribution in [-0.4, -0.2) is 11.3 Å². The van der Waals surface area contributed by atoms with E-state index in [1.165, 1.54) is 0 Å². The third-order valence-electron chi connectivity index (χ3n) is 2.59. The van der Waals surface area contributed by atoms with Crippen molar-refractivity contribution >= 4 is 16.5 Å². The second kappa shape index (κ2) is 5.69. The highest BCUT2D eigenvalue weighted by atomic mass is 32.2. The molecule has 0 amide bonds. The summed E-state index contributed by atoms with van der Waals surface area (Å²) in [5.74, 6) is 1.12. The fraction of sp³-hybridized carbons (Fsp3) is 0.143. The highest BCUT2D eigenvalue weighted by Crippen LogP contribution is 2.23. The van der Waals surface area contributed by atoms with Crippen molar-refractivity contribution in [1.82, 2.24) is 0 Å². The van der Waals surface area contributed by atoms with Crippen LogP contribution < -0.4 is 10.5 Å². The van der Waals surface area contributed by atoms with Crippen molar-refractivity contribution in [2.45, 2.75) is 10.6 Å². The van der Waals surface area contributed by atoms with Gasteiger partial charge in [0.2, 0.25) is 0 Å². The molecule has 0 aromatic heterocycles. The van der Waals surface area contributed by atoms with Gasteiger partial charge >= 0.3 is 0 Å². The second-order valence-corrected chi connectivity index (χ2v) is 5.30. The Morgan fingerprint density at radius 2 is 1.78 bits per heavy atom. The van der Waals surface area contributed by atoms with E-state index in [2.05, 4.69) is 0 Å². The Morgan fingerprint density at radius 1 is 1.11 bits per heavy atom. The first-order valence-electron chi connectivity index (χ1n) is 5.56. The Hall–Kier alpha value is -1.81. The van der Waals surface area contributed by atoms with Crippen molar-refractivity contribution in [1.29, 1.82) is 0 Å². The Bertz CT molecular complexity index is 552. The molecular formula is C14H15NO2S. The standard InChI is InChI=1S/C14H15NO2S/c1-17-13-4-2-3-5-14(13)18(16)10-11-6-8-12(15)9-7-11/h2-9H,10,15H2,1H3. The third-order valence-corrected chi connectivity index (χ3v) is 4.02. The summed E-state index contributed by atoms with van der Waals surface area (Å²) in [5.41, 5.74) is 7.32. The van der Waals surface area contributed by atoms with Crippen molar-refractivity contribution in [2.75, 3.05) is 12.8 Å². The third kappa shape index (κ3) is 2.90. The molecular weight excluding hydrogens is 246 g/mol. The number of para-hydroxylation sites is 1. The Balaban J connectivity index is 2.19. The highest BCUT2D eigenvalue weighted by molar-refractivity contribution is 7.84. The van der Waals surface area contributed by atoms with Gasteiger partial charge in [0.1, 0.15) is 5.75 Å². The maximum absolute atomic E-state index is 12.3. The molecule has 2 N–H and O–H groups in total. The van der Waals surface area contributed by atoms with E-state index >= 15 is 0 Å². The van der Waals surface area contributed by atoms with Gasteiger partial charge in [-0.05, 0) is 29.8 Å². The molecule has 0 fully saturated rings. The first-order chi connectivity index (χ1) is 8.70. The molecule has 94 valence electrons. The number of hydrogen-bond acceptors (Lipinski definition) is 3. The first-order valence-corrected chi connectivity index (χ1v) is 6.88. The predicted molar refractivity (Wildman–Crippen MR) is 74.0 cm³/mol. The van der Waals surface area contributed by atoms with Crippen LogP contribution in [-0.2, 0) is 16.6 Å². The SMILES string of the molecule is COc1ccccc1S(=O)Cc1ccc(N)cc1. The molecule has 1 atom stereocenters. The summed E-state index contributed by atoms with van der Waals surface area (Å²) >= 11 is 0. The number of rotatable bonds is 4. The number of hydrogen-bond donors (Lipinski definition) is 1. The van der Waals surface area contributed by atoms with Gasteiger partial charge < -0.3 is 10.5 Å². The van der Waals surface area contributed by atoms with E-state index in [-0.39, 0.29) is 0 Å². The minimum absolute atomic E-state index is 0.459. The van der Waals surface area contributed by atoms with E-state index < -0.39 is 10.8 Å². The quantitative estimate of drug-likeness (QED) is 0.861. The van der Waals surface area contributed by atoms with Gasteiger partial charge in [0.05, 0.1) is 28.6 Å². The topological polar surface area (TPSA) is 52.3 Å². The van der Waals surface area contributed by atoms with Crippen molar-refractivity contribution in [2.24, 2.45) is 0 Å². The number of nitrogen functional groups attached to an aromatic ring is 1. The average Bonchev–Trinajstić information content (AvgIpc) is 2.41. The minimum Gasteiger partial charge on any atom is -0.495 e. The van der Waals surface area contributed by atoms with E-state index in [9.17, 15) is 4.21 Å². The molecule has 1 unspecified atom stereocenters. The van der Waals surface area contributed by atoms with Gasteiger partial charge in [0.25, 0.3) is 0 Å². The summed E-state index contributed by atoms with van der Waals surface area (Å²) in [6, 6.07) is 14.8. The smallest absolute Gasteiger partial charge is 0.134 e. The summed E-state index contributed by atoms with van der Waals surface area (Å²) in [6.45, 7) is 0. The van der Waals surface area contributed by atoms with Gasteiger partial charge in [-0.25, -0.2) is 0 Å². The zero-order valence-electron chi connectivity index (χ0n) is 10.1. The number of benzene rings is 2. The van der Waals surface area contributed by atoms with Crippen LogP contribution >= 0.6 is 0 Å². The summed E-state index contributed by atoms with van der Waals surface area (Å²) in [5, 5.41) is 0. The molecule has 2 aromatic carbocycles. The van der Waals surface area contributed by atoms with Gasteiger partial charge in [0, 0.05) is 5.69 Å². The maximum Gasteiger partial charge on any atom is 0.134 e. The normalized spacial score (nSPS) is 12.1. The Labute approximate surface area is 109 Å². The van der Waals surface area contributed by atoms with Crippen LogP contribution in [0.5, 0.6) is 5.75 Å². The number of ether oxygens (including phenoxy) is 1. The number of nitrogens with two attached hydrogens (primary N) is 1. The molecule has 0 bridgehead atoms. The predicted octanol–water partition coefficient (Wildman–Crippen LogP) is 2.59. The fourth-order valence-electron chi connectivity index (χ4n) is 1.65. The average molecular weight is 261 g/mol. The second-order valence-electron chi connectivity index (χ2n) is 3.88. The van der Waals surface area contributed by atoms with E-state index in [0.29, 0.717) is 17.2 Å². The minimum atomic E-state index is -1.12. The first kappa shape index (κ1) is 12.6. The van der Waals surface area contributed by atoms with Crippen LogP contribution in [0, 0.1) is 0 Å². The summed E-state index contributed by atoms with van der Waals surface area (Å²) < 4.78 is 17.5. The molecule has 0 heterocycles. The molecule has 2 aromatic rings. The van der Waals surface area contributed by atoms with E-state index in [1.54, 1.807) is 7.11 Å². The lowest BCUT2D eigenvalue weighted by molar-refractivity contribution is 0.404. The van der Waals surface area contributed by atoms with Gasteiger partial charge in [-0.15, -0.1) is 0 Å². The molecule has 0 aliphatic heterocycles. The highest BCUT2D eigenvalue weighted by Gasteiger charge is 2.10. The van der Waals surface area contributed by atoms with Crippen molar-refractivity contribution < 1.29 is 8.95 Å². The molecule has 0 radical (unpaired) electrons. The largest absolute Gasteiger partial charge is 0.495 e. The van der Waals surface area contributed by atoms with Crippen molar-refractivity contribution in [3.63, 3.8) is 0 Å². The molecule has 2 rings (SSSR count). The zero-order valence-corrected chi connectivity index (χ0v) is 10.9. The van der Waals surface area contributed by atoms with Gasteiger partial charge in [-0.2, -0.15) is 0 Å². The van der Waals surface area contributed by atoms with Crippen molar-refractivity contribution in [3.05, 3.63) is 54.1 Å². The molecule has 0 saturated carbocycles. The van der Waals surface area contributed by atoms with Crippen molar-refractivity contribution in [3.8, 4) is 5.75 Å². The van der Waals surface area contributed by atoms with Gasteiger partial charge in [-0.3, -0.25) is 4.21 Å². The molecule has 0 aliphatic carbocycles. The molecule has 3 nitrogen and oxygen atoms in total. The number of anilines is 1. The van der Waals surface area contributed by atoms with Crippen LogP contribution in [0.3, 0.4) is 0 Å². The molecule has 0 saturated heterocycles. The zero-order chi connectivity index (χ0) is 13.0. The van der Waals surface area contributed by atoms with Gasteiger partial charge in [0.15, 0.2) is 0 Å². The van der Waals surface area contributed by atoms with E-state index in [4.69, 9.17) is 10.5 Å². The number of methoxy groups -OCH3 is 1. The molecule has 18 heavy (non-hydrogen) atoms. The Morgan fingerprint density at radius 3 is 2.44 bits per heavy atom. The van der Waals surface area contributed by atoms with Crippen LogP contribution in [0.1, 0.15) is 5.56 Å². The van der Waals surface area contributed by atoms with Crippen LogP contribution in [0.15, 0.2) is 53.4 Å². The maximum atomic E-state index is 12.3. The Kier molecular flexibility index (Phi) is 3.99. The van der Waals surface area contributed by atoms with Crippen LogP contribution in [0.25, 0.3) is 0 Å². The van der Waals surface area contributed by atoms with Gasteiger partial charge in [-0.1, -0.05) is 24.3 Å². The monoisotopic (exact) mass is 261 g/mol. The van der Waals surface area contributed by atoms with E-state index in [1.807, 2.05) is 48.5 Å². The van der Waals surface area contributed by atoms with Crippen LogP contribution in [0.2, 0.25) is 0 Å². The fourth-order valence-corrected chi connectivity index (χ4v) is 2.91. The van der Waals surface area contributed by atoms with E-state index in [0.717, 1.165) is 10.5 Å². The summed E-state index contributed by atoms with van der Waals surface area (Å²) in [4.78, 5) is 0.719. The summed E-state index contributed by atoms with van der Waals surface area (Å²) in [7, 11) is 0.464. The lowest BCUT2D eigenvalue weighted by atomic mass is 10.2. The van der Waals surface area contributed by atoms with Crippen LogP contribution in [0.4, 0.5) is 5.69 Å². The lowest BCUT2D eigenvalue weighted by Crippen LogP contribution is -1.99. The lowest BCUT2D eigenvalue weighted by Gasteiger charge is -2.08. The molecule has 4 heteroatoms. The summed E-state index contributed by atoms with van der Waals surface area (Å²) in [6.07, 6.45) is 0.